The van der Waals surface area contributed by atoms with E-state index in [2.05, 4.69) is 4.98 Å². The highest BCUT2D eigenvalue weighted by molar-refractivity contribution is 14.1. The minimum Gasteiger partial charge on any atom is -0.358 e. The summed E-state index contributed by atoms with van der Waals surface area (Å²) in [6.45, 7) is 0. The third-order valence-corrected chi connectivity index (χ3v) is 2.13. The Labute approximate surface area is 89.4 Å². The zero-order valence-corrected chi connectivity index (χ0v) is 8.53. The van der Waals surface area contributed by atoms with Gasteiger partial charge in [0, 0.05) is 0 Å². The van der Waals surface area contributed by atoms with Crippen LogP contribution in [0.25, 0.3) is 0 Å². The zero-order valence-electron chi connectivity index (χ0n) is 6.38. The van der Waals surface area contributed by atoms with E-state index in [0.29, 0.717) is 0 Å². The number of nitrogens with zero attached hydrogens (tertiary/aromatic N) is 2. The lowest BCUT2D eigenvalue weighted by atomic mass is 10.2. The van der Waals surface area contributed by atoms with Crippen LogP contribution in [0.5, 0.6) is 0 Å². The number of hydrogen-bond acceptors (Lipinski definition) is 3. The maximum Gasteiger partial charge on any atom is 0.375 e. The molecule has 0 amide bonds. The number of halogens is 4. The minimum absolute atomic E-state index is 0.177. The number of nitro groups is 1. The van der Waals surface area contributed by atoms with Gasteiger partial charge in [-0.1, -0.05) is 0 Å². The molecule has 0 bridgehead atoms. The molecule has 1 aromatic heterocycles. The topological polar surface area (TPSA) is 56.0 Å². The SMILES string of the molecule is O=[N+]([O-])c1ncc(I)c(F)c1C(F)F. The molecule has 0 aliphatic heterocycles. The molecule has 1 aromatic rings. The summed E-state index contributed by atoms with van der Waals surface area (Å²) in [5.41, 5.74) is -1.26. The summed E-state index contributed by atoms with van der Waals surface area (Å²) < 4.78 is 37.3. The first-order valence-corrected chi connectivity index (χ1v) is 4.29. The van der Waals surface area contributed by atoms with Gasteiger partial charge in [-0.2, -0.15) is 0 Å². The lowest BCUT2D eigenvalue weighted by molar-refractivity contribution is -0.391. The molecule has 8 heteroatoms. The van der Waals surface area contributed by atoms with Crippen LogP contribution in [0.3, 0.4) is 0 Å². The molecular formula is C6H2F3IN2O2. The number of pyridine rings is 1. The Morgan fingerprint density at radius 2 is 2.14 bits per heavy atom. The van der Waals surface area contributed by atoms with E-state index in [1.807, 2.05) is 0 Å². The maximum atomic E-state index is 13.0. The van der Waals surface area contributed by atoms with Gasteiger partial charge in [-0.3, -0.25) is 0 Å². The van der Waals surface area contributed by atoms with E-state index in [0.717, 1.165) is 6.20 Å². The monoisotopic (exact) mass is 318 g/mol. The predicted octanol–water partition coefficient (Wildman–Crippen LogP) is 2.67. The summed E-state index contributed by atoms with van der Waals surface area (Å²) in [5, 5.41) is 10.2. The quantitative estimate of drug-likeness (QED) is 0.478. The Kier molecular flexibility index (Phi) is 3.24. The van der Waals surface area contributed by atoms with Crippen molar-refractivity contribution in [1.82, 2.24) is 4.98 Å². The molecule has 0 radical (unpaired) electrons. The van der Waals surface area contributed by atoms with Crippen LogP contribution >= 0.6 is 22.6 Å². The van der Waals surface area contributed by atoms with E-state index < -0.39 is 28.5 Å². The van der Waals surface area contributed by atoms with Gasteiger partial charge in [-0.05, 0) is 32.5 Å². The van der Waals surface area contributed by atoms with Gasteiger partial charge in [0.1, 0.15) is 0 Å². The Hall–Kier alpha value is -0.930. The molecule has 0 saturated carbocycles. The number of aromatic nitrogens is 1. The normalized spacial score (nSPS) is 10.6. The number of rotatable bonds is 2. The highest BCUT2D eigenvalue weighted by Gasteiger charge is 2.29. The van der Waals surface area contributed by atoms with E-state index in [1.54, 1.807) is 0 Å². The molecule has 14 heavy (non-hydrogen) atoms. The Balaban J connectivity index is 3.45. The molecule has 0 aliphatic carbocycles. The summed E-state index contributed by atoms with van der Waals surface area (Å²) in [6, 6.07) is 0. The lowest BCUT2D eigenvalue weighted by Crippen LogP contribution is -2.03. The molecule has 1 rings (SSSR count). The molecule has 0 atom stereocenters. The Morgan fingerprint density at radius 3 is 2.57 bits per heavy atom. The molecule has 76 valence electrons. The molecule has 0 saturated heterocycles. The van der Waals surface area contributed by atoms with Gasteiger partial charge >= 0.3 is 5.82 Å². The first-order chi connectivity index (χ1) is 6.45. The molecule has 0 unspecified atom stereocenters. The summed E-state index contributed by atoms with van der Waals surface area (Å²) in [7, 11) is 0. The molecule has 0 aliphatic rings. The van der Waals surface area contributed by atoms with Crippen molar-refractivity contribution in [3.8, 4) is 0 Å². The van der Waals surface area contributed by atoms with Gasteiger partial charge in [0.2, 0.25) is 0 Å². The third kappa shape index (κ3) is 1.94. The van der Waals surface area contributed by atoms with Crippen LogP contribution in [0.2, 0.25) is 0 Å². The van der Waals surface area contributed by atoms with E-state index in [-0.39, 0.29) is 3.57 Å². The fourth-order valence-corrected chi connectivity index (χ4v) is 1.24. The number of alkyl halides is 2. The second-order valence-corrected chi connectivity index (χ2v) is 3.38. The molecule has 4 nitrogen and oxygen atoms in total. The molecule has 0 spiro atoms. The maximum absolute atomic E-state index is 13.0. The molecule has 0 fully saturated rings. The Morgan fingerprint density at radius 1 is 1.57 bits per heavy atom. The van der Waals surface area contributed by atoms with E-state index in [1.165, 1.54) is 22.6 Å². The van der Waals surface area contributed by atoms with Crippen molar-refractivity contribution >= 4 is 28.4 Å². The predicted molar refractivity (Wildman–Crippen MR) is 48.5 cm³/mol. The van der Waals surface area contributed by atoms with Gasteiger partial charge in [0.15, 0.2) is 17.6 Å². The van der Waals surface area contributed by atoms with Gasteiger partial charge in [0.25, 0.3) is 6.43 Å². The molecule has 1 heterocycles. The van der Waals surface area contributed by atoms with Crippen molar-refractivity contribution in [2.75, 3.05) is 0 Å². The first-order valence-electron chi connectivity index (χ1n) is 3.21. The Bertz CT molecular complexity index is 386. The van der Waals surface area contributed by atoms with Crippen LogP contribution in [0.15, 0.2) is 6.20 Å². The van der Waals surface area contributed by atoms with Gasteiger partial charge < -0.3 is 10.1 Å². The summed E-state index contributed by atoms with van der Waals surface area (Å²) >= 11 is 1.43. The molecule has 0 N–H and O–H groups in total. The van der Waals surface area contributed by atoms with Crippen LogP contribution in [0.1, 0.15) is 12.0 Å². The summed E-state index contributed by atoms with van der Waals surface area (Å²) in [5.74, 6) is -2.43. The van der Waals surface area contributed by atoms with Crippen molar-refractivity contribution in [2.24, 2.45) is 0 Å². The summed E-state index contributed by atoms with van der Waals surface area (Å²) in [6.07, 6.45) is -2.42. The second kappa shape index (κ2) is 4.07. The van der Waals surface area contributed by atoms with Crippen LogP contribution in [-0.2, 0) is 0 Å². The second-order valence-electron chi connectivity index (χ2n) is 2.22. The largest absolute Gasteiger partial charge is 0.375 e. The van der Waals surface area contributed by atoms with Crippen molar-refractivity contribution in [3.63, 3.8) is 0 Å². The van der Waals surface area contributed by atoms with Crippen LogP contribution in [0, 0.1) is 19.5 Å². The molecule has 0 aromatic carbocycles. The van der Waals surface area contributed by atoms with Crippen molar-refractivity contribution < 1.29 is 18.1 Å². The van der Waals surface area contributed by atoms with Gasteiger partial charge in [-0.15, -0.1) is 0 Å². The van der Waals surface area contributed by atoms with E-state index in [9.17, 15) is 23.3 Å². The van der Waals surface area contributed by atoms with E-state index >= 15 is 0 Å². The van der Waals surface area contributed by atoms with Crippen LogP contribution < -0.4 is 0 Å². The van der Waals surface area contributed by atoms with Crippen LogP contribution in [-0.4, -0.2) is 9.91 Å². The van der Waals surface area contributed by atoms with E-state index in [4.69, 9.17) is 0 Å². The first kappa shape index (κ1) is 11.1. The fourth-order valence-electron chi connectivity index (χ4n) is 0.810. The summed E-state index contributed by atoms with van der Waals surface area (Å²) in [4.78, 5) is 12.2. The zero-order chi connectivity index (χ0) is 10.9. The van der Waals surface area contributed by atoms with Crippen LogP contribution in [0.4, 0.5) is 19.0 Å². The van der Waals surface area contributed by atoms with Crippen molar-refractivity contribution in [2.45, 2.75) is 6.43 Å². The van der Waals surface area contributed by atoms with Gasteiger partial charge in [0.05, 0.1) is 3.57 Å². The van der Waals surface area contributed by atoms with Gasteiger partial charge in [-0.25, -0.2) is 13.2 Å². The lowest BCUT2D eigenvalue weighted by Gasteiger charge is -2.02. The average Bonchev–Trinajstić information content (AvgIpc) is 2.08. The van der Waals surface area contributed by atoms with Crippen molar-refractivity contribution in [1.29, 1.82) is 0 Å². The third-order valence-electron chi connectivity index (χ3n) is 1.38. The van der Waals surface area contributed by atoms with Crippen molar-refractivity contribution in [3.05, 3.63) is 31.3 Å². The molecular weight excluding hydrogens is 316 g/mol. The minimum atomic E-state index is -3.25. The fraction of sp³-hybridized carbons (Fsp3) is 0.167. The highest BCUT2D eigenvalue weighted by atomic mass is 127. The number of hydrogen-bond donors (Lipinski definition) is 0. The highest BCUT2D eigenvalue weighted by Crippen LogP contribution is 2.31. The smallest absolute Gasteiger partial charge is 0.358 e. The average molecular weight is 318 g/mol. The standard InChI is InChI=1S/C6H2F3IN2O2/c7-4-2(10)1-11-6(12(13)14)3(4)5(8)9/h1,5H.